The van der Waals surface area contributed by atoms with Gasteiger partial charge in [-0.25, -0.2) is 0 Å². The van der Waals surface area contributed by atoms with Gasteiger partial charge in [-0.2, -0.15) is 0 Å². The summed E-state index contributed by atoms with van der Waals surface area (Å²) in [6.45, 7) is 5.92. The van der Waals surface area contributed by atoms with Crippen molar-refractivity contribution < 1.29 is 9.59 Å². The summed E-state index contributed by atoms with van der Waals surface area (Å²) in [7, 11) is 0. The van der Waals surface area contributed by atoms with E-state index in [1.807, 2.05) is 32.9 Å². The molecule has 0 bridgehead atoms. The van der Waals surface area contributed by atoms with E-state index in [1.165, 1.54) is 24.6 Å². The molecule has 2 aliphatic rings. The van der Waals surface area contributed by atoms with Gasteiger partial charge in [0.2, 0.25) is 11.8 Å². The molecule has 2 saturated carbocycles. The van der Waals surface area contributed by atoms with Crippen molar-refractivity contribution in [1.29, 1.82) is 0 Å². The average Bonchev–Trinajstić information content (AvgIpc) is 3.60. The number of hydrogen-bond acceptors (Lipinski definition) is 5. The SMILES string of the molecule is Cc1cc(C)c(NC(=O)CNC(=O)CSc2nnc(C3CC3)n2C2CC2)c(C)c1. The number of amides is 2. The van der Waals surface area contributed by atoms with E-state index in [1.54, 1.807) is 0 Å². The van der Waals surface area contributed by atoms with Crippen molar-refractivity contribution in [2.75, 3.05) is 17.6 Å². The van der Waals surface area contributed by atoms with Gasteiger partial charge in [0.1, 0.15) is 5.82 Å². The maximum Gasteiger partial charge on any atom is 0.243 e. The molecule has 4 rings (SSSR count). The molecule has 0 spiro atoms. The van der Waals surface area contributed by atoms with E-state index in [2.05, 4.69) is 25.4 Å². The minimum Gasteiger partial charge on any atom is -0.346 e. The molecule has 0 aliphatic heterocycles. The standard InChI is InChI=1S/C21H27N5O2S/c1-12-8-13(2)19(14(3)9-12)23-17(27)10-22-18(28)11-29-21-25-24-20(15-4-5-15)26(21)16-6-7-16/h8-9,15-16H,4-7,10-11H2,1-3H3,(H,22,28)(H,23,27). The summed E-state index contributed by atoms with van der Waals surface area (Å²) < 4.78 is 2.23. The fourth-order valence-corrected chi connectivity index (χ4v) is 4.45. The lowest BCUT2D eigenvalue weighted by molar-refractivity contribution is -0.122. The van der Waals surface area contributed by atoms with Gasteiger partial charge in [0.15, 0.2) is 5.16 Å². The van der Waals surface area contributed by atoms with Gasteiger partial charge in [0, 0.05) is 17.6 Å². The molecule has 0 radical (unpaired) electrons. The summed E-state index contributed by atoms with van der Waals surface area (Å²) in [5, 5.41) is 15.1. The third-order valence-electron chi connectivity index (χ3n) is 5.27. The van der Waals surface area contributed by atoms with Crippen molar-refractivity contribution in [3.05, 3.63) is 34.6 Å². The molecule has 154 valence electrons. The van der Waals surface area contributed by atoms with Gasteiger partial charge in [0.25, 0.3) is 0 Å². The maximum atomic E-state index is 12.3. The highest BCUT2D eigenvalue weighted by Crippen LogP contribution is 2.45. The Morgan fingerprint density at radius 1 is 1.07 bits per heavy atom. The molecular formula is C21H27N5O2S. The van der Waals surface area contributed by atoms with Gasteiger partial charge >= 0.3 is 0 Å². The fourth-order valence-electron chi connectivity index (χ4n) is 3.60. The van der Waals surface area contributed by atoms with Crippen molar-refractivity contribution >= 4 is 29.3 Å². The van der Waals surface area contributed by atoms with Crippen molar-refractivity contribution in [3.8, 4) is 0 Å². The summed E-state index contributed by atoms with van der Waals surface area (Å²) in [6, 6.07) is 4.56. The number of rotatable bonds is 8. The van der Waals surface area contributed by atoms with Crippen LogP contribution in [-0.2, 0) is 9.59 Å². The molecule has 0 atom stereocenters. The molecule has 7 nitrogen and oxygen atoms in total. The topological polar surface area (TPSA) is 88.9 Å². The van der Waals surface area contributed by atoms with Crippen LogP contribution in [0.1, 0.15) is 60.2 Å². The Bertz CT molecular complexity index is 924. The van der Waals surface area contributed by atoms with Crippen LogP contribution >= 0.6 is 11.8 Å². The van der Waals surface area contributed by atoms with E-state index >= 15 is 0 Å². The summed E-state index contributed by atoms with van der Waals surface area (Å²) in [4.78, 5) is 24.5. The minimum atomic E-state index is -0.226. The zero-order valence-corrected chi connectivity index (χ0v) is 17.9. The first-order valence-corrected chi connectivity index (χ1v) is 11.1. The van der Waals surface area contributed by atoms with E-state index in [0.29, 0.717) is 12.0 Å². The molecule has 29 heavy (non-hydrogen) atoms. The van der Waals surface area contributed by atoms with Gasteiger partial charge in [-0.3, -0.25) is 9.59 Å². The highest BCUT2D eigenvalue weighted by Gasteiger charge is 2.36. The Balaban J connectivity index is 1.27. The van der Waals surface area contributed by atoms with E-state index < -0.39 is 0 Å². The van der Waals surface area contributed by atoms with Crippen molar-refractivity contribution in [1.82, 2.24) is 20.1 Å². The lowest BCUT2D eigenvalue weighted by atomic mass is 10.1. The van der Waals surface area contributed by atoms with Crippen LogP contribution in [0.25, 0.3) is 0 Å². The Labute approximate surface area is 175 Å². The first-order chi connectivity index (χ1) is 13.9. The molecule has 0 unspecified atom stereocenters. The Hall–Kier alpha value is -2.35. The number of thioether (sulfide) groups is 1. The second kappa shape index (κ2) is 8.18. The van der Waals surface area contributed by atoms with Crippen LogP contribution in [0.2, 0.25) is 0 Å². The van der Waals surface area contributed by atoms with E-state index in [9.17, 15) is 9.59 Å². The molecule has 2 aromatic rings. The van der Waals surface area contributed by atoms with Gasteiger partial charge in [-0.1, -0.05) is 29.5 Å². The Morgan fingerprint density at radius 3 is 2.38 bits per heavy atom. The minimum absolute atomic E-state index is 0.0468. The van der Waals surface area contributed by atoms with Gasteiger partial charge in [-0.15, -0.1) is 10.2 Å². The molecule has 2 fully saturated rings. The van der Waals surface area contributed by atoms with Gasteiger partial charge in [0.05, 0.1) is 12.3 Å². The normalized spacial score (nSPS) is 16.0. The van der Waals surface area contributed by atoms with E-state index in [0.717, 1.165) is 46.2 Å². The molecule has 2 amide bonds. The summed E-state index contributed by atoms with van der Waals surface area (Å²) in [5.74, 6) is 1.45. The number of carbonyl (C=O) groups is 2. The van der Waals surface area contributed by atoms with Crippen LogP contribution in [0.15, 0.2) is 17.3 Å². The smallest absolute Gasteiger partial charge is 0.243 e. The number of carbonyl (C=O) groups excluding carboxylic acids is 2. The molecule has 8 heteroatoms. The number of aryl methyl sites for hydroxylation is 3. The molecule has 1 heterocycles. The molecule has 1 aromatic carbocycles. The lowest BCUT2D eigenvalue weighted by Gasteiger charge is -2.13. The number of benzene rings is 1. The summed E-state index contributed by atoms with van der Waals surface area (Å²) in [5.41, 5.74) is 4.01. The summed E-state index contributed by atoms with van der Waals surface area (Å²) >= 11 is 1.40. The van der Waals surface area contributed by atoms with Crippen LogP contribution in [0.5, 0.6) is 0 Å². The molecule has 2 aliphatic carbocycles. The quantitative estimate of drug-likeness (QED) is 0.649. The molecule has 1 aromatic heterocycles. The van der Waals surface area contributed by atoms with Crippen molar-refractivity contribution in [3.63, 3.8) is 0 Å². The summed E-state index contributed by atoms with van der Waals surface area (Å²) in [6.07, 6.45) is 4.70. The zero-order chi connectivity index (χ0) is 20.5. The lowest BCUT2D eigenvalue weighted by Crippen LogP contribution is -2.34. The number of hydrogen-bond donors (Lipinski definition) is 2. The predicted octanol–water partition coefficient (Wildman–Crippen LogP) is 3.26. The van der Waals surface area contributed by atoms with Crippen LogP contribution in [0.3, 0.4) is 0 Å². The van der Waals surface area contributed by atoms with E-state index in [4.69, 9.17) is 0 Å². The number of nitrogens with zero attached hydrogens (tertiary/aromatic N) is 3. The second-order valence-corrected chi connectivity index (χ2v) is 9.05. The molecule has 2 N–H and O–H groups in total. The monoisotopic (exact) mass is 413 g/mol. The van der Waals surface area contributed by atoms with Crippen LogP contribution in [-0.4, -0.2) is 38.9 Å². The highest BCUT2D eigenvalue weighted by molar-refractivity contribution is 7.99. The third kappa shape index (κ3) is 4.80. The van der Waals surface area contributed by atoms with E-state index in [-0.39, 0.29) is 24.1 Å². The number of nitrogens with one attached hydrogen (secondary N) is 2. The Kier molecular flexibility index (Phi) is 5.63. The predicted molar refractivity (Wildman–Crippen MR) is 113 cm³/mol. The average molecular weight is 414 g/mol. The second-order valence-electron chi connectivity index (χ2n) is 8.10. The molecular weight excluding hydrogens is 386 g/mol. The van der Waals surface area contributed by atoms with Crippen LogP contribution in [0, 0.1) is 20.8 Å². The fraction of sp³-hybridized carbons (Fsp3) is 0.524. The van der Waals surface area contributed by atoms with Crippen LogP contribution in [0.4, 0.5) is 5.69 Å². The number of aromatic nitrogens is 3. The van der Waals surface area contributed by atoms with Crippen LogP contribution < -0.4 is 10.6 Å². The van der Waals surface area contributed by atoms with Gasteiger partial charge in [-0.05, 0) is 57.6 Å². The van der Waals surface area contributed by atoms with Crippen molar-refractivity contribution in [2.24, 2.45) is 0 Å². The Morgan fingerprint density at radius 2 is 1.76 bits per heavy atom. The molecule has 0 saturated heterocycles. The largest absolute Gasteiger partial charge is 0.346 e. The maximum absolute atomic E-state index is 12.3. The third-order valence-corrected chi connectivity index (χ3v) is 6.21. The zero-order valence-electron chi connectivity index (χ0n) is 17.1. The van der Waals surface area contributed by atoms with Gasteiger partial charge < -0.3 is 15.2 Å². The van der Waals surface area contributed by atoms with Crippen molar-refractivity contribution in [2.45, 2.75) is 63.6 Å². The highest BCUT2D eigenvalue weighted by atomic mass is 32.2. The first-order valence-electron chi connectivity index (χ1n) is 10.1. The first kappa shape index (κ1) is 19.9. The number of anilines is 1.